The summed E-state index contributed by atoms with van der Waals surface area (Å²) in [6, 6.07) is 23.9. The van der Waals surface area contributed by atoms with Crippen molar-refractivity contribution >= 4 is 46.1 Å². The van der Waals surface area contributed by atoms with E-state index in [9.17, 15) is 14.4 Å². The average Bonchev–Trinajstić information content (AvgIpc) is 2.95. The zero-order chi connectivity index (χ0) is 27.6. The van der Waals surface area contributed by atoms with Crippen LogP contribution in [0.2, 0.25) is 0 Å². The van der Waals surface area contributed by atoms with Crippen LogP contribution in [0.4, 0.5) is 11.4 Å². The number of carbonyl (C=O) groups excluding carboxylic acids is 3. The molecule has 1 unspecified atom stereocenters. The van der Waals surface area contributed by atoms with Crippen LogP contribution < -0.4 is 10.1 Å². The Morgan fingerprint density at radius 1 is 1.03 bits per heavy atom. The van der Waals surface area contributed by atoms with Crippen molar-refractivity contribution in [2.24, 2.45) is 4.99 Å². The van der Waals surface area contributed by atoms with Gasteiger partial charge in [-0.1, -0.05) is 54.2 Å². The van der Waals surface area contributed by atoms with Gasteiger partial charge < -0.3 is 14.8 Å². The number of esters is 1. The molecule has 1 atom stereocenters. The molecule has 1 saturated heterocycles. The summed E-state index contributed by atoms with van der Waals surface area (Å²) in [4.78, 5) is 44.9. The molecule has 0 aromatic heterocycles. The Kier molecular flexibility index (Phi) is 9.74. The second-order valence-electron chi connectivity index (χ2n) is 8.80. The fraction of sp³-hybridized carbons (Fsp3) is 0.267. The molecule has 1 aliphatic rings. The summed E-state index contributed by atoms with van der Waals surface area (Å²) in [6.07, 6.45) is 1.61. The number of amidine groups is 1. The number of carbonyl (C=O) groups is 3. The normalized spacial score (nSPS) is 16.2. The number of rotatable bonds is 10. The van der Waals surface area contributed by atoms with E-state index in [2.05, 4.69) is 17.4 Å². The largest absolute Gasteiger partial charge is 0.495 e. The van der Waals surface area contributed by atoms with Crippen molar-refractivity contribution < 1.29 is 23.9 Å². The van der Waals surface area contributed by atoms with Gasteiger partial charge in [-0.25, -0.2) is 9.79 Å². The number of methoxy groups -OCH3 is 1. The molecule has 0 aliphatic carbocycles. The Bertz CT molecular complexity index is 1330. The zero-order valence-corrected chi connectivity index (χ0v) is 22.8. The quantitative estimate of drug-likeness (QED) is 0.340. The molecule has 1 N–H and O–H groups in total. The third-order valence-electron chi connectivity index (χ3n) is 6.09. The van der Waals surface area contributed by atoms with Crippen LogP contribution in [0, 0.1) is 0 Å². The molecule has 202 valence electrons. The first-order valence-electron chi connectivity index (χ1n) is 12.8. The van der Waals surface area contributed by atoms with Gasteiger partial charge in [0.05, 0.1) is 30.7 Å². The van der Waals surface area contributed by atoms with Crippen LogP contribution in [-0.2, 0) is 20.7 Å². The van der Waals surface area contributed by atoms with Gasteiger partial charge in [0.15, 0.2) is 5.17 Å². The number of aliphatic imine (C=N–C) groups is 1. The van der Waals surface area contributed by atoms with Crippen LogP contribution in [0.1, 0.15) is 35.7 Å². The monoisotopic (exact) mass is 545 g/mol. The number of hydrogen-bond donors (Lipinski definition) is 1. The molecular weight excluding hydrogens is 514 g/mol. The van der Waals surface area contributed by atoms with Crippen molar-refractivity contribution in [2.45, 2.75) is 31.4 Å². The van der Waals surface area contributed by atoms with Gasteiger partial charge in [-0.05, 0) is 61.7 Å². The number of nitrogens with zero attached hydrogens (tertiary/aromatic N) is 2. The molecule has 0 radical (unpaired) electrons. The lowest BCUT2D eigenvalue weighted by Gasteiger charge is -2.32. The number of nitrogens with one attached hydrogen (secondary N) is 1. The molecule has 39 heavy (non-hydrogen) atoms. The number of para-hydroxylation sites is 2. The van der Waals surface area contributed by atoms with Crippen LogP contribution >= 0.6 is 11.8 Å². The summed E-state index contributed by atoms with van der Waals surface area (Å²) in [5.41, 5.74) is 2.72. The van der Waals surface area contributed by atoms with Gasteiger partial charge in [-0.3, -0.25) is 14.5 Å². The van der Waals surface area contributed by atoms with E-state index in [-0.39, 0.29) is 24.8 Å². The first-order chi connectivity index (χ1) is 19.0. The van der Waals surface area contributed by atoms with Crippen molar-refractivity contribution in [2.75, 3.05) is 25.6 Å². The second kappa shape index (κ2) is 13.6. The maximum Gasteiger partial charge on any atom is 0.338 e. The van der Waals surface area contributed by atoms with Crippen LogP contribution in [0.25, 0.3) is 0 Å². The number of aryl methyl sites for hydroxylation is 1. The number of anilines is 1. The van der Waals surface area contributed by atoms with E-state index in [0.717, 1.165) is 12.8 Å². The first kappa shape index (κ1) is 27.9. The standard InChI is InChI=1S/C30H31N3O5S/c1-3-38-29(36)22-15-17-23(18-16-22)31-30-33(19-9-12-21-10-5-4-6-11-21)27(34)20-26(39-30)28(35)32-24-13-7-8-14-25(24)37-2/h4-8,10-11,13-18,26H,3,9,12,19-20H2,1-2H3,(H,32,35). The SMILES string of the molecule is CCOC(=O)c1ccc(N=C2SC(C(=O)Nc3ccccc3OC)CC(=O)N2CCCc2ccccc2)cc1. The van der Waals surface area contributed by atoms with Crippen LogP contribution in [0.15, 0.2) is 83.9 Å². The number of hydrogen-bond acceptors (Lipinski definition) is 7. The maximum atomic E-state index is 13.3. The van der Waals surface area contributed by atoms with Crippen LogP contribution in [0.5, 0.6) is 5.75 Å². The molecular formula is C30H31N3O5S. The van der Waals surface area contributed by atoms with E-state index in [1.807, 2.05) is 24.3 Å². The minimum Gasteiger partial charge on any atom is -0.495 e. The van der Waals surface area contributed by atoms with E-state index >= 15 is 0 Å². The van der Waals surface area contributed by atoms with Gasteiger partial charge >= 0.3 is 5.97 Å². The van der Waals surface area contributed by atoms with Crippen molar-refractivity contribution in [3.63, 3.8) is 0 Å². The fourth-order valence-corrected chi connectivity index (χ4v) is 5.23. The van der Waals surface area contributed by atoms with Crippen LogP contribution in [-0.4, -0.2) is 53.4 Å². The van der Waals surface area contributed by atoms with Gasteiger partial charge in [-0.15, -0.1) is 0 Å². The first-order valence-corrected chi connectivity index (χ1v) is 13.7. The predicted molar refractivity (Wildman–Crippen MR) is 154 cm³/mol. The van der Waals surface area contributed by atoms with Crippen molar-refractivity contribution in [3.8, 4) is 5.75 Å². The molecule has 3 aromatic carbocycles. The van der Waals surface area contributed by atoms with Crippen molar-refractivity contribution in [1.82, 2.24) is 4.90 Å². The highest BCUT2D eigenvalue weighted by Gasteiger charge is 2.36. The van der Waals surface area contributed by atoms with E-state index < -0.39 is 11.2 Å². The Labute approximate surface area is 232 Å². The van der Waals surface area contributed by atoms with Gasteiger partial charge in [0, 0.05) is 13.0 Å². The minimum atomic E-state index is -0.662. The highest BCUT2D eigenvalue weighted by Crippen LogP contribution is 2.31. The summed E-state index contributed by atoms with van der Waals surface area (Å²) in [6.45, 7) is 2.52. The Hall–Kier alpha value is -4.11. The van der Waals surface area contributed by atoms with Crippen molar-refractivity contribution in [3.05, 3.63) is 90.0 Å². The lowest BCUT2D eigenvalue weighted by molar-refractivity contribution is -0.129. The molecule has 1 aliphatic heterocycles. The second-order valence-corrected chi connectivity index (χ2v) is 9.97. The van der Waals surface area contributed by atoms with Crippen molar-refractivity contribution in [1.29, 1.82) is 0 Å². The van der Waals surface area contributed by atoms with Gasteiger partial charge in [-0.2, -0.15) is 0 Å². The van der Waals surface area contributed by atoms with E-state index in [1.165, 1.54) is 24.4 Å². The summed E-state index contributed by atoms with van der Waals surface area (Å²) in [5, 5.41) is 2.67. The minimum absolute atomic E-state index is 0.0534. The molecule has 1 heterocycles. The Morgan fingerprint density at radius 3 is 2.46 bits per heavy atom. The lowest BCUT2D eigenvalue weighted by Crippen LogP contribution is -2.45. The van der Waals surface area contributed by atoms with E-state index in [4.69, 9.17) is 14.5 Å². The van der Waals surface area contributed by atoms with Crippen LogP contribution in [0.3, 0.4) is 0 Å². The summed E-state index contributed by atoms with van der Waals surface area (Å²) < 4.78 is 10.4. The Morgan fingerprint density at radius 2 is 1.74 bits per heavy atom. The molecule has 3 aromatic rings. The smallest absolute Gasteiger partial charge is 0.338 e. The maximum absolute atomic E-state index is 13.3. The van der Waals surface area contributed by atoms with E-state index in [0.29, 0.717) is 34.4 Å². The zero-order valence-electron chi connectivity index (χ0n) is 22.0. The van der Waals surface area contributed by atoms with Gasteiger partial charge in [0.25, 0.3) is 0 Å². The molecule has 0 bridgehead atoms. The lowest BCUT2D eigenvalue weighted by atomic mass is 10.1. The van der Waals surface area contributed by atoms with Gasteiger partial charge in [0.1, 0.15) is 11.0 Å². The molecule has 4 rings (SSSR count). The van der Waals surface area contributed by atoms with E-state index in [1.54, 1.807) is 54.3 Å². The fourth-order valence-electron chi connectivity index (χ4n) is 4.11. The average molecular weight is 546 g/mol. The van der Waals surface area contributed by atoms with Gasteiger partial charge in [0.2, 0.25) is 11.8 Å². The molecule has 0 spiro atoms. The summed E-state index contributed by atoms with van der Waals surface area (Å²) in [7, 11) is 1.54. The summed E-state index contributed by atoms with van der Waals surface area (Å²) >= 11 is 1.25. The number of amides is 2. The third kappa shape index (κ3) is 7.48. The third-order valence-corrected chi connectivity index (χ3v) is 7.28. The Balaban J connectivity index is 1.54. The highest BCUT2D eigenvalue weighted by atomic mass is 32.2. The number of ether oxygens (including phenoxy) is 2. The molecule has 2 amide bonds. The molecule has 1 fully saturated rings. The molecule has 9 heteroatoms. The highest BCUT2D eigenvalue weighted by molar-refractivity contribution is 8.15. The number of benzene rings is 3. The molecule has 0 saturated carbocycles. The topological polar surface area (TPSA) is 97.3 Å². The number of thioether (sulfide) groups is 1. The molecule has 8 nitrogen and oxygen atoms in total. The summed E-state index contributed by atoms with van der Waals surface area (Å²) in [5.74, 6) is -0.332. The predicted octanol–water partition coefficient (Wildman–Crippen LogP) is 5.47.